The number of amides is 2. The largest absolute Gasteiger partial charge is 0.379 e. The molecule has 0 radical (unpaired) electrons. The smallest absolute Gasteiger partial charge is 0.224 e. The molecule has 1 N–H and O–H groups in total. The van der Waals surface area contributed by atoms with E-state index >= 15 is 0 Å². The summed E-state index contributed by atoms with van der Waals surface area (Å²) in [6.45, 7) is 6.38. The highest BCUT2D eigenvalue weighted by Gasteiger charge is 2.29. The molecule has 2 rings (SSSR count). The maximum atomic E-state index is 12.4. The van der Waals surface area contributed by atoms with Gasteiger partial charge < -0.3 is 15.0 Å². The topological polar surface area (TPSA) is 58.6 Å². The van der Waals surface area contributed by atoms with Gasteiger partial charge in [0.25, 0.3) is 0 Å². The van der Waals surface area contributed by atoms with Gasteiger partial charge in [0.05, 0.1) is 12.0 Å². The summed E-state index contributed by atoms with van der Waals surface area (Å²) in [4.78, 5) is 26.3. The highest BCUT2D eigenvalue weighted by atomic mass is 35.5. The average Bonchev–Trinajstić information content (AvgIpc) is 2.61. The van der Waals surface area contributed by atoms with Crippen molar-refractivity contribution in [1.29, 1.82) is 0 Å². The first kappa shape index (κ1) is 20.7. The molecule has 1 aliphatic heterocycles. The first-order valence-electron chi connectivity index (χ1n) is 9.37. The zero-order chi connectivity index (χ0) is 18.9. The second-order valence-electron chi connectivity index (χ2n) is 7.02. The molecular formula is C20H29ClN2O3. The monoisotopic (exact) mass is 380 g/mol. The quantitative estimate of drug-likeness (QED) is 0.670. The van der Waals surface area contributed by atoms with E-state index in [0.29, 0.717) is 44.1 Å². The minimum absolute atomic E-state index is 0.0403. The van der Waals surface area contributed by atoms with Crippen molar-refractivity contribution in [1.82, 2.24) is 10.2 Å². The van der Waals surface area contributed by atoms with Crippen LogP contribution in [0.25, 0.3) is 0 Å². The fourth-order valence-corrected chi connectivity index (χ4v) is 3.13. The molecule has 0 aliphatic carbocycles. The van der Waals surface area contributed by atoms with E-state index in [-0.39, 0.29) is 23.8 Å². The summed E-state index contributed by atoms with van der Waals surface area (Å²) in [6.07, 6.45) is 2.85. The molecule has 0 saturated carbocycles. The summed E-state index contributed by atoms with van der Waals surface area (Å²) in [5.41, 5.74) is 1.14. The molecule has 144 valence electrons. The van der Waals surface area contributed by atoms with Gasteiger partial charge in [-0.15, -0.1) is 0 Å². The van der Waals surface area contributed by atoms with Crippen LogP contribution >= 0.6 is 11.6 Å². The molecule has 0 bridgehead atoms. The van der Waals surface area contributed by atoms with Crippen LogP contribution in [-0.4, -0.2) is 49.1 Å². The van der Waals surface area contributed by atoms with Gasteiger partial charge in [0, 0.05) is 37.7 Å². The van der Waals surface area contributed by atoms with Gasteiger partial charge in [0.2, 0.25) is 11.8 Å². The van der Waals surface area contributed by atoms with E-state index in [0.717, 1.165) is 18.4 Å². The fraction of sp³-hybridized carbons (Fsp3) is 0.600. The Morgan fingerprint density at radius 3 is 2.77 bits per heavy atom. The molecule has 2 amide bonds. The first-order chi connectivity index (χ1) is 12.5. The Bertz CT molecular complexity index is 589. The number of ether oxygens (including phenoxy) is 1. The van der Waals surface area contributed by atoms with Crippen molar-refractivity contribution in [3.05, 3.63) is 34.9 Å². The number of nitrogens with zero attached hydrogens (tertiary/aromatic N) is 1. The predicted molar refractivity (Wildman–Crippen MR) is 103 cm³/mol. The van der Waals surface area contributed by atoms with E-state index in [1.54, 1.807) is 0 Å². The van der Waals surface area contributed by atoms with Gasteiger partial charge in [-0.05, 0) is 50.8 Å². The van der Waals surface area contributed by atoms with Crippen LogP contribution in [0.1, 0.15) is 38.7 Å². The van der Waals surface area contributed by atoms with Gasteiger partial charge >= 0.3 is 0 Å². The molecule has 1 aromatic carbocycles. The Labute approximate surface area is 161 Å². The van der Waals surface area contributed by atoms with Crippen LogP contribution < -0.4 is 5.32 Å². The SMILES string of the molecule is CC(C)OCCCNC(=O)[C@H]1CCC(=O)N(CCc2ccc(Cl)cc2)C1. The lowest BCUT2D eigenvalue weighted by atomic mass is 9.96. The van der Waals surface area contributed by atoms with Crippen LogP contribution in [0.15, 0.2) is 24.3 Å². The minimum Gasteiger partial charge on any atom is -0.379 e. The van der Waals surface area contributed by atoms with E-state index in [4.69, 9.17) is 16.3 Å². The van der Waals surface area contributed by atoms with Crippen molar-refractivity contribution in [3.8, 4) is 0 Å². The molecule has 1 saturated heterocycles. The van der Waals surface area contributed by atoms with Crippen LogP contribution in [0.4, 0.5) is 0 Å². The summed E-state index contributed by atoms with van der Waals surface area (Å²) >= 11 is 5.90. The number of likely N-dealkylation sites (tertiary alicyclic amines) is 1. The molecule has 1 heterocycles. The second kappa shape index (κ2) is 10.5. The number of rotatable bonds is 9. The highest BCUT2D eigenvalue weighted by molar-refractivity contribution is 6.30. The van der Waals surface area contributed by atoms with E-state index in [2.05, 4.69) is 5.32 Å². The molecule has 0 spiro atoms. The maximum absolute atomic E-state index is 12.4. The Morgan fingerprint density at radius 1 is 1.35 bits per heavy atom. The van der Waals surface area contributed by atoms with Gasteiger partial charge in [-0.1, -0.05) is 23.7 Å². The van der Waals surface area contributed by atoms with Crippen LogP contribution in [0.5, 0.6) is 0 Å². The Morgan fingerprint density at radius 2 is 2.08 bits per heavy atom. The lowest BCUT2D eigenvalue weighted by Gasteiger charge is -2.32. The molecule has 0 aromatic heterocycles. The lowest BCUT2D eigenvalue weighted by molar-refractivity contribution is -0.138. The lowest BCUT2D eigenvalue weighted by Crippen LogP contribution is -2.46. The van der Waals surface area contributed by atoms with E-state index in [1.807, 2.05) is 43.0 Å². The number of hydrogen-bond donors (Lipinski definition) is 1. The van der Waals surface area contributed by atoms with Crippen molar-refractivity contribution in [3.63, 3.8) is 0 Å². The highest BCUT2D eigenvalue weighted by Crippen LogP contribution is 2.19. The van der Waals surface area contributed by atoms with Crippen molar-refractivity contribution >= 4 is 23.4 Å². The summed E-state index contributed by atoms with van der Waals surface area (Å²) in [5, 5.41) is 3.68. The van der Waals surface area contributed by atoms with Crippen molar-refractivity contribution < 1.29 is 14.3 Å². The number of halogens is 1. The molecule has 1 aliphatic rings. The van der Waals surface area contributed by atoms with Gasteiger partial charge in [-0.2, -0.15) is 0 Å². The van der Waals surface area contributed by atoms with Gasteiger partial charge in [0.1, 0.15) is 0 Å². The number of carbonyl (C=O) groups excluding carboxylic acids is 2. The molecule has 0 unspecified atom stereocenters. The molecular weight excluding hydrogens is 352 g/mol. The molecule has 1 atom stereocenters. The van der Waals surface area contributed by atoms with E-state index in [1.165, 1.54) is 0 Å². The summed E-state index contributed by atoms with van der Waals surface area (Å²) in [6, 6.07) is 7.66. The predicted octanol–water partition coefficient (Wildman–Crippen LogP) is 3.05. The van der Waals surface area contributed by atoms with Crippen LogP contribution in [-0.2, 0) is 20.7 Å². The molecule has 5 nitrogen and oxygen atoms in total. The first-order valence-corrected chi connectivity index (χ1v) is 9.75. The van der Waals surface area contributed by atoms with Crippen LogP contribution in [0.3, 0.4) is 0 Å². The van der Waals surface area contributed by atoms with Crippen molar-refractivity contribution in [2.45, 2.75) is 45.6 Å². The number of benzene rings is 1. The molecule has 26 heavy (non-hydrogen) atoms. The van der Waals surface area contributed by atoms with E-state index < -0.39 is 0 Å². The zero-order valence-electron chi connectivity index (χ0n) is 15.7. The normalized spacial score (nSPS) is 17.6. The van der Waals surface area contributed by atoms with Gasteiger partial charge in [-0.25, -0.2) is 0 Å². The zero-order valence-corrected chi connectivity index (χ0v) is 16.4. The third-order valence-corrected chi connectivity index (χ3v) is 4.78. The third kappa shape index (κ3) is 6.96. The second-order valence-corrected chi connectivity index (χ2v) is 7.45. The minimum atomic E-state index is -0.121. The van der Waals surface area contributed by atoms with Crippen LogP contribution in [0.2, 0.25) is 5.02 Å². The maximum Gasteiger partial charge on any atom is 0.224 e. The Kier molecular flexibility index (Phi) is 8.39. The number of piperidine rings is 1. The van der Waals surface area contributed by atoms with Crippen molar-refractivity contribution in [2.75, 3.05) is 26.2 Å². The molecule has 1 aromatic rings. The summed E-state index contributed by atoms with van der Waals surface area (Å²) in [7, 11) is 0. The standard InChI is InChI=1S/C20H29ClN2O3/c1-15(2)26-13-3-11-22-20(25)17-6-9-19(24)23(14-17)12-10-16-4-7-18(21)8-5-16/h4-5,7-8,15,17H,3,6,9-14H2,1-2H3,(H,22,25)/t17-/m0/s1. The summed E-state index contributed by atoms with van der Waals surface area (Å²) in [5.74, 6) is 0.0517. The summed E-state index contributed by atoms with van der Waals surface area (Å²) < 4.78 is 5.47. The van der Waals surface area contributed by atoms with E-state index in [9.17, 15) is 9.59 Å². The third-order valence-electron chi connectivity index (χ3n) is 4.53. The number of nitrogens with one attached hydrogen (secondary N) is 1. The Balaban J connectivity index is 1.74. The van der Waals surface area contributed by atoms with Gasteiger partial charge in [-0.3, -0.25) is 9.59 Å². The number of hydrogen-bond acceptors (Lipinski definition) is 3. The van der Waals surface area contributed by atoms with Gasteiger partial charge in [0.15, 0.2) is 0 Å². The van der Waals surface area contributed by atoms with Crippen LogP contribution in [0, 0.1) is 5.92 Å². The molecule has 1 fully saturated rings. The Hall–Kier alpha value is -1.59. The fourth-order valence-electron chi connectivity index (χ4n) is 3.01. The average molecular weight is 381 g/mol. The van der Waals surface area contributed by atoms with Crippen molar-refractivity contribution in [2.24, 2.45) is 5.92 Å². The molecule has 6 heteroatoms. The number of carbonyl (C=O) groups is 2.